The highest BCUT2D eigenvalue weighted by Crippen LogP contribution is 2.29. The normalized spacial score (nSPS) is 19.0. The summed E-state index contributed by atoms with van der Waals surface area (Å²) in [5.74, 6) is 0.190. The van der Waals surface area contributed by atoms with Crippen LogP contribution in [0.5, 0.6) is 0 Å². The molecule has 1 saturated heterocycles. The van der Waals surface area contributed by atoms with Crippen LogP contribution < -0.4 is 4.57 Å². The van der Waals surface area contributed by atoms with Gasteiger partial charge in [-0.1, -0.05) is 11.9 Å². The summed E-state index contributed by atoms with van der Waals surface area (Å²) in [6, 6.07) is -1.05. The number of nitrogens with zero attached hydrogens (tertiary/aromatic N) is 5. The average Bonchev–Trinajstić information content (AvgIpc) is 3.07. The van der Waals surface area contributed by atoms with Gasteiger partial charge in [-0.25, -0.2) is 18.7 Å². The summed E-state index contributed by atoms with van der Waals surface area (Å²) in [7, 11) is 1.61. The van der Waals surface area contributed by atoms with Gasteiger partial charge in [-0.15, -0.1) is 0 Å². The van der Waals surface area contributed by atoms with Gasteiger partial charge in [0.1, 0.15) is 11.9 Å². The predicted molar refractivity (Wildman–Crippen MR) is 87.3 cm³/mol. The van der Waals surface area contributed by atoms with Crippen molar-refractivity contribution in [2.75, 3.05) is 20.2 Å². The lowest BCUT2D eigenvalue weighted by Crippen LogP contribution is -2.62. The molecule has 1 aromatic heterocycles. The number of amidine groups is 1. The highest BCUT2D eigenvalue weighted by atomic mass is 16.5. The first-order valence-corrected chi connectivity index (χ1v) is 8.35. The van der Waals surface area contributed by atoms with Crippen molar-refractivity contribution in [3.63, 3.8) is 0 Å². The number of aromatic nitrogens is 2. The number of aliphatic imine (C=N–C) groups is 1. The van der Waals surface area contributed by atoms with Crippen molar-refractivity contribution < 1.29 is 23.7 Å². The summed E-state index contributed by atoms with van der Waals surface area (Å²) in [6.45, 7) is 6.17. The number of amides is 3. The molecular weight excluding hydrogens is 326 g/mol. The Morgan fingerprint density at radius 2 is 2.08 bits per heavy atom. The van der Waals surface area contributed by atoms with Gasteiger partial charge in [-0.05, 0) is 20.3 Å². The first kappa shape index (κ1) is 17.1. The fraction of sp³-hybridized carbons (Fsp3) is 0.562. The molecule has 0 bridgehead atoms. The second kappa shape index (κ2) is 6.30. The van der Waals surface area contributed by atoms with Crippen LogP contribution in [0, 0.1) is 6.92 Å². The summed E-state index contributed by atoms with van der Waals surface area (Å²) >= 11 is 0. The van der Waals surface area contributed by atoms with Crippen LogP contribution in [0.15, 0.2) is 11.2 Å². The number of rotatable bonds is 5. The SMILES string of the molecule is CCCN1C(=O)C2C(=Nc3n(CC(=O)OCC)c(C)c[n+]32)N(C)C1=O. The van der Waals surface area contributed by atoms with Gasteiger partial charge in [0, 0.05) is 13.6 Å². The van der Waals surface area contributed by atoms with E-state index in [9.17, 15) is 14.4 Å². The molecule has 1 fully saturated rings. The molecule has 3 amide bonds. The van der Waals surface area contributed by atoms with E-state index in [0.717, 1.165) is 5.69 Å². The lowest BCUT2D eigenvalue weighted by atomic mass is 10.1. The van der Waals surface area contributed by atoms with Crippen LogP contribution >= 0.6 is 0 Å². The molecule has 0 aliphatic carbocycles. The zero-order valence-electron chi connectivity index (χ0n) is 14.9. The van der Waals surface area contributed by atoms with Crippen LogP contribution in [0.3, 0.4) is 0 Å². The van der Waals surface area contributed by atoms with E-state index in [1.165, 1.54) is 9.80 Å². The molecule has 1 aromatic rings. The maximum atomic E-state index is 12.8. The number of likely N-dealkylation sites (N-methyl/N-ethyl adjacent to an activating group) is 1. The number of carbonyl (C=O) groups is 3. The van der Waals surface area contributed by atoms with Crippen molar-refractivity contribution in [1.29, 1.82) is 0 Å². The Morgan fingerprint density at radius 3 is 2.72 bits per heavy atom. The Labute approximate surface area is 145 Å². The number of fused-ring (bicyclic) bond motifs is 3. The molecule has 9 nitrogen and oxygen atoms in total. The molecule has 3 heterocycles. The maximum absolute atomic E-state index is 12.8. The number of imidazole rings is 1. The second-order valence-corrected chi connectivity index (χ2v) is 6.07. The first-order valence-electron chi connectivity index (χ1n) is 8.35. The number of esters is 1. The molecule has 134 valence electrons. The minimum absolute atomic E-state index is 0.00995. The standard InChI is InChI=1S/C16H22N5O4/c1-5-7-19-14(23)12-13(18(4)16(19)24)17-15-20(9-11(22)25-6-2)10(3)8-21(12)15/h8,12H,5-7,9H2,1-4H3/q+1. The molecule has 0 spiro atoms. The van der Waals surface area contributed by atoms with Gasteiger partial charge in [0.05, 0.1) is 6.61 Å². The van der Waals surface area contributed by atoms with Crippen LogP contribution in [0.25, 0.3) is 0 Å². The number of imide groups is 1. The second-order valence-electron chi connectivity index (χ2n) is 6.07. The third kappa shape index (κ3) is 2.59. The minimum atomic E-state index is -0.675. The molecule has 2 aliphatic heterocycles. The summed E-state index contributed by atoms with van der Waals surface area (Å²) in [6.07, 6.45) is 2.46. The van der Waals surface area contributed by atoms with Gasteiger partial charge in [0.25, 0.3) is 5.91 Å². The zero-order valence-corrected chi connectivity index (χ0v) is 14.9. The molecule has 3 rings (SSSR count). The Hall–Kier alpha value is -2.71. The van der Waals surface area contributed by atoms with Crippen molar-refractivity contribution >= 4 is 29.7 Å². The van der Waals surface area contributed by atoms with Crippen LogP contribution in [-0.4, -0.2) is 58.3 Å². The topological polar surface area (TPSA) is 88.1 Å². The number of aryl methyl sites for hydroxylation is 1. The Kier molecular flexibility index (Phi) is 4.32. The number of urea groups is 1. The Balaban J connectivity index is 2.01. The third-order valence-electron chi connectivity index (χ3n) is 4.36. The highest BCUT2D eigenvalue weighted by Gasteiger charge is 2.52. The van der Waals surface area contributed by atoms with Gasteiger partial charge >= 0.3 is 17.9 Å². The largest absolute Gasteiger partial charge is 0.464 e. The fourth-order valence-electron chi connectivity index (χ4n) is 3.19. The maximum Gasteiger partial charge on any atom is 0.402 e. The highest BCUT2D eigenvalue weighted by molar-refractivity contribution is 6.19. The van der Waals surface area contributed by atoms with Gasteiger partial charge in [0.15, 0.2) is 6.54 Å². The molecule has 0 saturated carbocycles. The summed E-state index contributed by atoms with van der Waals surface area (Å²) in [5, 5.41) is 0. The summed E-state index contributed by atoms with van der Waals surface area (Å²) in [4.78, 5) is 44.2. The van der Waals surface area contributed by atoms with Crippen LogP contribution in [0.2, 0.25) is 0 Å². The van der Waals surface area contributed by atoms with Crippen LogP contribution in [0.4, 0.5) is 10.7 Å². The zero-order chi connectivity index (χ0) is 18.3. The van der Waals surface area contributed by atoms with E-state index in [2.05, 4.69) is 4.99 Å². The van der Waals surface area contributed by atoms with E-state index in [0.29, 0.717) is 31.4 Å². The molecular formula is C16H22N5O4+. The van der Waals surface area contributed by atoms with E-state index in [-0.39, 0.29) is 24.5 Å². The molecule has 0 aromatic carbocycles. The molecule has 0 N–H and O–H groups in total. The van der Waals surface area contributed by atoms with E-state index in [1.807, 2.05) is 13.8 Å². The van der Waals surface area contributed by atoms with Gasteiger partial charge in [0.2, 0.25) is 11.9 Å². The Morgan fingerprint density at radius 1 is 1.36 bits per heavy atom. The van der Waals surface area contributed by atoms with Crippen molar-refractivity contribution in [3.05, 3.63) is 11.9 Å². The van der Waals surface area contributed by atoms with E-state index >= 15 is 0 Å². The fourth-order valence-corrected chi connectivity index (χ4v) is 3.19. The smallest absolute Gasteiger partial charge is 0.402 e. The van der Waals surface area contributed by atoms with Crippen molar-refractivity contribution in [3.8, 4) is 0 Å². The third-order valence-corrected chi connectivity index (χ3v) is 4.36. The monoisotopic (exact) mass is 348 g/mol. The van der Waals surface area contributed by atoms with E-state index in [4.69, 9.17) is 4.74 Å². The summed E-state index contributed by atoms with van der Waals surface area (Å²) < 4.78 is 8.41. The Bertz CT molecular complexity index is 782. The minimum Gasteiger partial charge on any atom is -0.464 e. The molecule has 1 atom stereocenters. The van der Waals surface area contributed by atoms with Crippen molar-refractivity contribution in [2.24, 2.45) is 4.99 Å². The van der Waals surface area contributed by atoms with E-state index < -0.39 is 6.04 Å². The number of hydrogen-bond donors (Lipinski definition) is 0. The number of ether oxygens (including phenoxy) is 1. The molecule has 25 heavy (non-hydrogen) atoms. The van der Waals surface area contributed by atoms with Gasteiger partial charge in [-0.2, -0.15) is 0 Å². The predicted octanol–water partition coefficient (Wildman–Crippen LogP) is 0.536. The summed E-state index contributed by atoms with van der Waals surface area (Å²) in [5.41, 5.74) is 0.792. The number of hydrogen-bond acceptors (Lipinski definition) is 5. The van der Waals surface area contributed by atoms with Crippen LogP contribution in [0.1, 0.15) is 32.0 Å². The number of carbonyl (C=O) groups excluding carboxylic acids is 3. The quantitative estimate of drug-likeness (QED) is 0.574. The van der Waals surface area contributed by atoms with Crippen molar-refractivity contribution in [1.82, 2.24) is 14.4 Å². The van der Waals surface area contributed by atoms with Gasteiger partial charge in [-0.3, -0.25) is 14.6 Å². The molecule has 0 radical (unpaired) electrons. The van der Waals surface area contributed by atoms with E-state index in [1.54, 1.807) is 29.3 Å². The molecule has 1 unspecified atom stereocenters. The molecule has 2 aliphatic rings. The lowest BCUT2D eigenvalue weighted by molar-refractivity contribution is -0.677. The van der Waals surface area contributed by atoms with Crippen molar-refractivity contribution in [2.45, 2.75) is 39.8 Å². The molecule has 9 heteroatoms. The lowest BCUT2D eigenvalue weighted by Gasteiger charge is -2.32. The first-order chi connectivity index (χ1) is 11.9. The van der Waals surface area contributed by atoms with Crippen LogP contribution in [-0.2, 0) is 20.9 Å². The average molecular weight is 348 g/mol. The van der Waals surface area contributed by atoms with Gasteiger partial charge < -0.3 is 4.74 Å².